The predicted molar refractivity (Wildman–Crippen MR) is 119 cm³/mol. The first kappa shape index (κ1) is 20.9. The highest BCUT2D eigenvalue weighted by Crippen LogP contribution is 2.15. The molecule has 0 saturated carbocycles. The lowest BCUT2D eigenvalue weighted by atomic mass is 10.2. The second-order valence-corrected chi connectivity index (χ2v) is 7.19. The Kier molecular flexibility index (Phi) is 6.03. The number of nitrogens with zero attached hydrogens (tertiary/aromatic N) is 3. The summed E-state index contributed by atoms with van der Waals surface area (Å²) in [7, 11) is 0. The van der Waals surface area contributed by atoms with Crippen LogP contribution in [0.25, 0.3) is 5.69 Å². The van der Waals surface area contributed by atoms with Gasteiger partial charge in [0.05, 0.1) is 35.9 Å². The molecule has 0 aliphatic heterocycles. The van der Waals surface area contributed by atoms with Crippen LogP contribution in [0.4, 0.5) is 15.8 Å². The molecular weight excluding hydrogens is 409 g/mol. The van der Waals surface area contributed by atoms with Crippen molar-refractivity contribution >= 4 is 23.2 Å². The van der Waals surface area contributed by atoms with Crippen molar-refractivity contribution in [2.75, 3.05) is 10.6 Å². The van der Waals surface area contributed by atoms with Crippen LogP contribution in [0.3, 0.4) is 0 Å². The fraction of sp³-hybridized carbons (Fsp3) is 0.0833. The predicted octanol–water partition coefficient (Wildman–Crippen LogP) is 4.15. The molecule has 32 heavy (non-hydrogen) atoms. The third-order valence-electron chi connectivity index (χ3n) is 4.69. The minimum absolute atomic E-state index is 0.0366. The van der Waals surface area contributed by atoms with Crippen molar-refractivity contribution in [1.82, 2.24) is 14.8 Å². The number of pyridine rings is 1. The normalized spacial score (nSPS) is 10.6. The molecule has 2 aromatic carbocycles. The molecule has 0 atom stereocenters. The summed E-state index contributed by atoms with van der Waals surface area (Å²) in [4.78, 5) is 29.0. The molecule has 0 radical (unpaired) electrons. The van der Waals surface area contributed by atoms with Crippen molar-refractivity contribution in [2.45, 2.75) is 13.3 Å². The van der Waals surface area contributed by atoms with Gasteiger partial charge in [0.1, 0.15) is 5.82 Å². The first-order valence-electron chi connectivity index (χ1n) is 9.90. The number of halogens is 1. The standard InChI is InChI=1S/C24H20FN5O2/c1-16-9-10-19(14-26-16)28-24(32)18-5-4-6-20(12-18)30-15-17(13-27-30)11-23(31)29-22-8-3-2-7-21(22)25/h2-10,12-15H,11H2,1H3,(H,28,32)(H,29,31). The van der Waals surface area contributed by atoms with Crippen molar-refractivity contribution in [3.05, 3.63) is 102 Å². The molecule has 0 aliphatic rings. The monoisotopic (exact) mass is 429 g/mol. The number of benzene rings is 2. The number of carbonyl (C=O) groups is 2. The van der Waals surface area contributed by atoms with E-state index in [2.05, 4.69) is 20.7 Å². The maximum Gasteiger partial charge on any atom is 0.255 e. The molecule has 2 amide bonds. The van der Waals surface area contributed by atoms with E-state index in [0.29, 0.717) is 22.5 Å². The number of hydrogen-bond donors (Lipinski definition) is 2. The number of anilines is 2. The molecular formula is C24H20FN5O2. The lowest BCUT2D eigenvalue weighted by molar-refractivity contribution is -0.115. The number of aromatic nitrogens is 3. The lowest BCUT2D eigenvalue weighted by Gasteiger charge is -2.07. The molecule has 160 valence electrons. The van der Waals surface area contributed by atoms with Gasteiger partial charge < -0.3 is 10.6 Å². The SMILES string of the molecule is Cc1ccc(NC(=O)c2cccc(-n3cc(CC(=O)Nc4ccccc4F)cn3)c2)cn1. The Bertz CT molecular complexity index is 1270. The maximum absolute atomic E-state index is 13.7. The molecule has 2 aromatic heterocycles. The van der Waals surface area contributed by atoms with Crippen LogP contribution in [-0.2, 0) is 11.2 Å². The van der Waals surface area contributed by atoms with Crippen molar-refractivity contribution in [3.8, 4) is 5.69 Å². The molecule has 0 saturated heterocycles. The van der Waals surface area contributed by atoms with Gasteiger partial charge in [-0.05, 0) is 55.0 Å². The molecule has 8 heteroatoms. The van der Waals surface area contributed by atoms with Crippen LogP contribution in [-0.4, -0.2) is 26.6 Å². The van der Waals surface area contributed by atoms with Crippen molar-refractivity contribution < 1.29 is 14.0 Å². The van der Waals surface area contributed by atoms with Crippen molar-refractivity contribution in [1.29, 1.82) is 0 Å². The first-order valence-corrected chi connectivity index (χ1v) is 9.90. The van der Waals surface area contributed by atoms with Crippen molar-refractivity contribution in [2.24, 2.45) is 0 Å². The number of carbonyl (C=O) groups excluding carboxylic acids is 2. The number of rotatable bonds is 6. The fourth-order valence-corrected chi connectivity index (χ4v) is 3.07. The third-order valence-corrected chi connectivity index (χ3v) is 4.69. The second-order valence-electron chi connectivity index (χ2n) is 7.19. The smallest absolute Gasteiger partial charge is 0.255 e. The van der Waals surface area contributed by atoms with E-state index in [4.69, 9.17) is 0 Å². The summed E-state index contributed by atoms with van der Waals surface area (Å²) >= 11 is 0. The molecule has 7 nitrogen and oxygen atoms in total. The Morgan fingerprint density at radius 1 is 1.00 bits per heavy atom. The minimum Gasteiger partial charge on any atom is -0.323 e. The topological polar surface area (TPSA) is 88.9 Å². The zero-order valence-electron chi connectivity index (χ0n) is 17.2. The minimum atomic E-state index is -0.493. The van der Waals surface area contributed by atoms with E-state index in [9.17, 15) is 14.0 Å². The summed E-state index contributed by atoms with van der Waals surface area (Å²) in [6.07, 6.45) is 4.89. The van der Waals surface area contributed by atoms with E-state index >= 15 is 0 Å². The Labute approximate surface area is 183 Å². The van der Waals surface area contributed by atoms with Gasteiger partial charge >= 0.3 is 0 Å². The molecule has 0 bridgehead atoms. The summed E-state index contributed by atoms with van der Waals surface area (Å²) in [6, 6.07) is 16.6. The number of hydrogen-bond acceptors (Lipinski definition) is 4. The van der Waals surface area contributed by atoms with E-state index in [1.54, 1.807) is 65.7 Å². The molecule has 0 unspecified atom stereocenters. The van der Waals surface area contributed by atoms with E-state index in [-0.39, 0.29) is 23.9 Å². The highest BCUT2D eigenvalue weighted by Gasteiger charge is 2.11. The number of amides is 2. The molecule has 2 heterocycles. The van der Waals surface area contributed by atoms with Gasteiger partial charge in [-0.1, -0.05) is 18.2 Å². The maximum atomic E-state index is 13.7. The third kappa shape index (κ3) is 5.04. The average Bonchev–Trinajstić information content (AvgIpc) is 3.25. The van der Waals surface area contributed by atoms with Gasteiger partial charge in [-0.25, -0.2) is 9.07 Å². The van der Waals surface area contributed by atoms with Crippen LogP contribution in [0.5, 0.6) is 0 Å². The largest absolute Gasteiger partial charge is 0.323 e. The van der Waals surface area contributed by atoms with E-state index in [1.165, 1.54) is 12.1 Å². The first-order chi connectivity index (χ1) is 15.5. The molecule has 4 rings (SSSR count). The van der Waals surface area contributed by atoms with Gasteiger partial charge in [-0.3, -0.25) is 14.6 Å². The zero-order valence-corrected chi connectivity index (χ0v) is 17.2. The lowest BCUT2D eigenvalue weighted by Crippen LogP contribution is -2.15. The molecule has 0 aliphatic carbocycles. The van der Waals surface area contributed by atoms with Gasteiger partial charge in [0.2, 0.25) is 5.91 Å². The summed E-state index contributed by atoms with van der Waals surface area (Å²) < 4.78 is 15.3. The highest BCUT2D eigenvalue weighted by atomic mass is 19.1. The Morgan fingerprint density at radius 2 is 1.84 bits per heavy atom. The summed E-state index contributed by atoms with van der Waals surface area (Å²) in [5, 5.41) is 9.64. The van der Waals surface area contributed by atoms with Crippen LogP contribution in [0.1, 0.15) is 21.6 Å². The number of aryl methyl sites for hydroxylation is 1. The van der Waals surface area contributed by atoms with Crippen LogP contribution < -0.4 is 10.6 Å². The zero-order chi connectivity index (χ0) is 22.5. The van der Waals surface area contributed by atoms with Gasteiger partial charge in [-0.2, -0.15) is 5.10 Å². The van der Waals surface area contributed by atoms with Gasteiger partial charge in [-0.15, -0.1) is 0 Å². The highest BCUT2D eigenvalue weighted by molar-refractivity contribution is 6.04. The summed E-state index contributed by atoms with van der Waals surface area (Å²) in [6.45, 7) is 1.87. The van der Waals surface area contributed by atoms with Gasteiger partial charge in [0.25, 0.3) is 5.91 Å². The van der Waals surface area contributed by atoms with Crippen molar-refractivity contribution in [3.63, 3.8) is 0 Å². The molecule has 0 spiro atoms. The average molecular weight is 429 g/mol. The van der Waals surface area contributed by atoms with Gasteiger partial charge in [0.15, 0.2) is 0 Å². The number of nitrogens with one attached hydrogen (secondary N) is 2. The number of para-hydroxylation sites is 1. The molecule has 0 fully saturated rings. The quantitative estimate of drug-likeness (QED) is 0.482. The summed E-state index contributed by atoms with van der Waals surface area (Å²) in [5.41, 5.74) is 3.37. The molecule has 2 N–H and O–H groups in total. The van der Waals surface area contributed by atoms with Crippen LogP contribution in [0.2, 0.25) is 0 Å². The van der Waals surface area contributed by atoms with Gasteiger partial charge in [0, 0.05) is 17.5 Å². The van der Waals surface area contributed by atoms with E-state index < -0.39 is 5.82 Å². The Balaban J connectivity index is 1.43. The molecule has 4 aromatic rings. The summed E-state index contributed by atoms with van der Waals surface area (Å²) in [5.74, 6) is -1.11. The van der Waals surface area contributed by atoms with Crippen LogP contribution in [0, 0.1) is 12.7 Å². The fourth-order valence-electron chi connectivity index (χ4n) is 3.07. The van der Waals surface area contributed by atoms with Crippen LogP contribution in [0.15, 0.2) is 79.3 Å². The second kappa shape index (κ2) is 9.22. The van der Waals surface area contributed by atoms with E-state index in [0.717, 1.165) is 5.69 Å². The Morgan fingerprint density at radius 3 is 2.62 bits per heavy atom. The Hall–Kier alpha value is -4.33. The van der Waals surface area contributed by atoms with E-state index in [1.807, 2.05) is 13.0 Å². The van der Waals surface area contributed by atoms with Crippen LogP contribution >= 0.6 is 0 Å².